The molecule has 0 saturated heterocycles. The maximum atomic E-state index is 5.63. The topological polar surface area (TPSA) is 56.3 Å². The van der Waals surface area contributed by atoms with Crippen molar-refractivity contribution in [3.8, 4) is 17.4 Å². The van der Waals surface area contributed by atoms with Crippen LogP contribution in [0.1, 0.15) is 19.5 Å². The second-order valence-electron chi connectivity index (χ2n) is 4.68. The van der Waals surface area contributed by atoms with Gasteiger partial charge in [0.2, 0.25) is 5.88 Å². The van der Waals surface area contributed by atoms with Gasteiger partial charge in [0.05, 0.1) is 12.8 Å². The normalized spacial score (nSPS) is 10.6. The van der Waals surface area contributed by atoms with E-state index in [1.165, 1.54) is 0 Å². The summed E-state index contributed by atoms with van der Waals surface area (Å²) in [4.78, 5) is 0. The van der Waals surface area contributed by atoms with E-state index in [2.05, 4.69) is 29.4 Å². The van der Waals surface area contributed by atoms with E-state index < -0.39 is 0 Å². The summed E-state index contributed by atoms with van der Waals surface area (Å²) >= 11 is 0. The summed E-state index contributed by atoms with van der Waals surface area (Å²) in [6.45, 7) is 4.88. The summed E-state index contributed by atoms with van der Waals surface area (Å²) in [6.07, 6.45) is 0. The Bertz CT molecular complexity index is 541. The third-order valence-corrected chi connectivity index (χ3v) is 2.65. The van der Waals surface area contributed by atoms with Crippen LogP contribution in [0.5, 0.6) is 17.4 Å². The molecule has 20 heavy (non-hydrogen) atoms. The molecule has 0 bridgehead atoms. The Balaban J connectivity index is 1.99. The standard InChI is InChI=1S/C15H19N3O2/c1-11(2)16-10-12-7-8-15(18-17-12)20-14-6-4-5-13(9-14)19-3/h4-9,11,16H,10H2,1-3H3. The molecule has 0 spiro atoms. The van der Waals surface area contributed by atoms with Gasteiger partial charge in [0.1, 0.15) is 11.5 Å². The quantitative estimate of drug-likeness (QED) is 0.877. The SMILES string of the molecule is COc1cccc(Oc2ccc(CNC(C)C)nn2)c1. The van der Waals surface area contributed by atoms with E-state index >= 15 is 0 Å². The maximum absolute atomic E-state index is 5.63. The molecule has 5 heteroatoms. The first-order valence-corrected chi connectivity index (χ1v) is 6.55. The summed E-state index contributed by atoms with van der Waals surface area (Å²) in [5, 5.41) is 11.5. The van der Waals surface area contributed by atoms with E-state index in [9.17, 15) is 0 Å². The van der Waals surface area contributed by atoms with Crippen LogP contribution in [0.2, 0.25) is 0 Å². The van der Waals surface area contributed by atoms with Crippen LogP contribution in [0.4, 0.5) is 0 Å². The molecular weight excluding hydrogens is 254 g/mol. The van der Waals surface area contributed by atoms with Crippen molar-refractivity contribution < 1.29 is 9.47 Å². The highest BCUT2D eigenvalue weighted by molar-refractivity contribution is 5.34. The van der Waals surface area contributed by atoms with Gasteiger partial charge in [-0.3, -0.25) is 0 Å². The van der Waals surface area contributed by atoms with Gasteiger partial charge in [-0.2, -0.15) is 5.10 Å². The van der Waals surface area contributed by atoms with Crippen molar-refractivity contribution in [2.75, 3.05) is 7.11 Å². The maximum Gasteiger partial charge on any atom is 0.238 e. The first-order valence-electron chi connectivity index (χ1n) is 6.55. The average molecular weight is 273 g/mol. The number of hydrogen-bond donors (Lipinski definition) is 1. The van der Waals surface area contributed by atoms with Gasteiger partial charge in [0.25, 0.3) is 0 Å². The van der Waals surface area contributed by atoms with Crippen molar-refractivity contribution in [2.24, 2.45) is 0 Å². The zero-order chi connectivity index (χ0) is 14.4. The Hall–Kier alpha value is -2.14. The molecule has 0 unspecified atom stereocenters. The Morgan fingerprint density at radius 3 is 2.55 bits per heavy atom. The first kappa shape index (κ1) is 14.3. The molecule has 0 saturated carbocycles. The van der Waals surface area contributed by atoms with Gasteiger partial charge < -0.3 is 14.8 Å². The van der Waals surface area contributed by atoms with Crippen molar-refractivity contribution in [2.45, 2.75) is 26.4 Å². The lowest BCUT2D eigenvalue weighted by atomic mass is 10.3. The minimum atomic E-state index is 0.421. The van der Waals surface area contributed by atoms with Crippen LogP contribution in [0, 0.1) is 0 Å². The summed E-state index contributed by atoms with van der Waals surface area (Å²) in [7, 11) is 1.62. The van der Waals surface area contributed by atoms with E-state index in [1.807, 2.05) is 30.3 Å². The highest BCUT2D eigenvalue weighted by Gasteiger charge is 2.02. The number of nitrogens with one attached hydrogen (secondary N) is 1. The van der Waals surface area contributed by atoms with Crippen molar-refractivity contribution >= 4 is 0 Å². The fourth-order valence-electron chi connectivity index (χ4n) is 1.59. The molecule has 0 amide bonds. The minimum Gasteiger partial charge on any atom is -0.497 e. The van der Waals surface area contributed by atoms with E-state index in [0.717, 1.165) is 11.4 Å². The smallest absolute Gasteiger partial charge is 0.238 e. The third-order valence-electron chi connectivity index (χ3n) is 2.65. The molecule has 2 aromatic rings. The number of hydrogen-bond acceptors (Lipinski definition) is 5. The van der Waals surface area contributed by atoms with Crippen LogP contribution in [-0.4, -0.2) is 23.3 Å². The predicted molar refractivity (Wildman–Crippen MR) is 77.1 cm³/mol. The number of methoxy groups -OCH3 is 1. The molecular formula is C15H19N3O2. The van der Waals surface area contributed by atoms with E-state index in [4.69, 9.17) is 9.47 Å². The van der Waals surface area contributed by atoms with Crippen LogP contribution in [0.15, 0.2) is 36.4 Å². The molecule has 5 nitrogen and oxygen atoms in total. The number of ether oxygens (including phenoxy) is 2. The molecule has 1 aromatic carbocycles. The van der Waals surface area contributed by atoms with Gasteiger partial charge >= 0.3 is 0 Å². The molecule has 1 aromatic heterocycles. The second-order valence-corrected chi connectivity index (χ2v) is 4.68. The number of nitrogens with zero attached hydrogens (tertiary/aromatic N) is 2. The molecule has 1 N–H and O–H groups in total. The number of benzene rings is 1. The van der Waals surface area contributed by atoms with Gasteiger partial charge in [-0.05, 0) is 18.2 Å². The number of rotatable bonds is 6. The summed E-state index contributed by atoms with van der Waals surface area (Å²) in [5.74, 6) is 1.88. The van der Waals surface area contributed by atoms with Crippen molar-refractivity contribution in [1.82, 2.24) is 15.5 Å². The number of aromatic nitrogens is 2. The van der Waals surface area contributed by atoms with Crippen LogP contribution in [-0.2, 0) is 6.54 Å². The van der Waals surface area contributed by atoms with E-state index in [-0.39, 0.29) is 0 Å². The fourth-order valence-corrected chi connectivity index (χ4v) is 1.59. The molecule has 0 aliphatic heterocycles. The van der Waals surface area contributed by atoms with Gasteiger partial charge in [0.15, 0.2) is 0 Å². The van der Waals surface area contributed by atoms with Crippen LogP contribution >= 0.6 is 0 Å². The molecule has 0 atom stereocenters. The van der Waals surface area contributed by atoms with Crippen LogP contribution in [0.25, 0.3) is 0 Å². The van der Waals surface area contributed by atoms with Crippen molar-refractivity contribution in [3.63, 3.8) is 0 Å². The molecule has 1 heterocycles. The van der Waals surface area contributed by atoms with Crippen LogP contribution in [0.3, 0.4) is 0 Å². The lowest BCUT2D eigenvalue weighted by molar-refractivity contribution is 0.406. The Morgan fingerprint density at radius 2 is 1.90 bits per heavy atom. The van der Waals surface area contributed by atoms with Gasteiger partial charge in [-0.1, -0.05) is 19.9 Å². The highest BCUT2D eigenvalue weighted by atomic mass is 16.5. The van der Waals surface area contributed by atoms with Crippen molar-refractivity contribution in [3.05, 3.63) is 42.1 Å². The minimum absolute atomic E-state index is 0.421. The first-order chi connectivity index (χ1) is 9.67. The lowest BCUT2D eigenvalue weighted by Gasteiger charge is -2.08. The zero-order valence-electron chi connectivity index (χ0n) is 12.0. The van der Waals surface area contributed by atoms with Gasteiger partial charge in [-0.15, -0.1) is 5.10 Å². The largest absolute Gasteiger partial charge is 0.497 e. The highest BCUT2D eigenvalue weighted by Crippen LogP contribution is 2.23. The monoisotopic (exact) mass is 273 g/mol. The fraction of sp³-hybridized carbons (Fsp3) is 0.333. The summed E-state index contributed by atoms with van der Waals surface area (Å²) < 4.78 is 10.8. The van der Waals surface area contributed by atoms with E-state index in [1.54, 1.807) is 13.2 Å². The summed E-state index contributed by atoms with van der Waals surface area (Å²) in [6, 6.07) is 11.5. The third kappa shape index (κ3) is 4.20. The van der Waals surface area contributed by atoms with E-state index in [0.29, 0.717) is 24.2 Å². The molecule has 0 radical (unpaired) electrons. The Morgan fingerprint density at radius 1 is 1.10 bits per heavy atom. The van der Waals surface area contributed by atoms with Gasteiger partial charge in [-0.25, -0.2) is 0 Å². The molecule has 2 rings (SSSR count). The van der Waals surface area contributed by atoms with Gasteiger partial charge in [0, 0.05) is 24.7 Å². The predicted octanol–water partition coefficient (Wildman–Crippen LogP) is 2.78. The Labute approximate surface area is 118 Å². The summed E-state index contributed by atoms with van der Waals surface area (Å²) in [5.41, 5.74) is 0.886. The second kappa shape index (κ2) is 6.86. The molecule has 106 valence electrons. The molecule has 0 fully saturated rings. The lowest BCUT2D eigenvalue weighted by Crippen LogP contribution is -2.22. The Kier molecular flexibility index (Phi) is 4.90. The molecule has 0 aliphatic carbocycles. The van der Waals surface area contributed by atoms with Crippen LogP contribution < -0.4 is 14.8 Å². The van der Waals surface area contributed by atoms with Crippen molar-refractivity contribution in [1.29, 1.82) is 0 Å². The zero-order valence-corrected chi connectivity index (χ0v) is 12.0. The molecule has 0 aliphatic rings. The average Bonchev–Trinajstić information content (AvgIpc) is 2.47.